The molecule has 0 bridgehead atoms. The van der Waals surface area contributed by atoms with Gasteiger partial charge in [0.15, 0.2) is 0 Å². The molecule has 8 heteroatoms. The van der Waals surface area contributed by atoms with Crippen LogP contribution < -0.4 is 11.0 Å². The van der Waals surface area contributed by atoms with Gasteiger partial charge in [-0.2, -0.15) is 4.98 Å². The maximum atomic E-state index is 12.1. The molecular formula is C17H19N3O4S. The van der Waals surface area contributed by atoms with Gasteiger partial charge in [-0.15, -0.1) is 0 Å². The predicted octanol–water partition coefficient (Wildman–Crippen LogP) is 2.29. The van der Waals surface area contributed by atoms with Crippen LogP contribution in [0.4, 0.5) is 5.69 Å². The molecule has 2 aromatic rings. The van der Waals surface area contributed by atoms with Crippen molar-refractivity contribution >= 4 is 29.3 Å². The number of nitrogens with zero attached hydrogens (tertiary/aromatic N) is 1. The zero-order valence-corrected chi connectivity index (χ0v) is 15.0. The predicted molar refractivity (Wildman–Crippen MR) is 96.1 cm³/mol. The lowest BCUT2D eigenvalue weighted by Gasteiger charge is -2.10. The average molecular weight is 361 g/mol. The fourth-order valence-electron chi connectivity index (χ4n) is 2.16. The van der Waals surface area contributed by atoms with E-state index in [1.165, 1.54) is 0 Å². The molecule has 132 valence electrons. The van der Waals surface area contributed by atoms with Gasteiger partial charge >= 0.3 is 11.7 Å². The minimum absolute atomic E-state index is 0.0102. The summed E-state index contributed by atoms with van der Waals surface area (Å²) in [7, 11) is 0. The summed E-state index contributed by atoms with van der Waals surface area (Å²) in [5.74, 6) is -0.827. The molecule has 0 aliphatic heterocycles. The first-order valence-electron chi connectivity index (χ1n) is 7.68. The zero-order valence-electron chi connectivity index (χ0n) is 14.2. The van der Waals surface area contributed by atoms with Gasteiger partial charge in [0, 0.05) is 11.4 Å². The van der Waals surface area contributed by atoms with Crippen LogP contribution in [0, 0.1) is 13.8 Å². The van der Waals surface area contributed by atoms with Crippen LogP contribution in [0.15, 0.2) is 34.1 Å². The molecule has 0 aliphatic rings. The quantitative estimate of drug-likeness (QED) is 0.465. The van der Waals surface area contributed by atoms with Crippen molar-refractivity contribution in [3.63, 3.8) is 0 Å². The number of ether oxygens (including phenoxy) is 1. The number of anilines is 1. The number of H-pyrrole nitrogens is 1. The number of aromatic nitrogens is 2. The van der Waals surface area contributed by atoms with Gasteiger partial charge in [-0.1, -0.05) is 23.9 Å². The smallest absolute Gasteiger partial charge is 0.346 e. The van der Waals surface area contributed by atoms with E-state index in [0.29, 0.717) is 11.4 Å². The Morgan fingerprint density at radius 1 is 1.32 bits per heavy atom. The Balaban J connectivity index is 2.12. The number of hydrogen-bond donors (Lipinski definition) is 2. The minimum atomic E-state index is -0.578. The van der Waals surface area contributed by atoms with E-state index in [0.717, 1.165) is 17.3 Å². The standard InChI is InChI=1S/C17H19N3O4S/c1-4-24-16(22)14-11(3)18-17(23)20-15(14)25-9-13(21)19-12-7-5-6-10(2)8-12/h5-8H,4,9H2,1-3H3,(H,19,21)(H,18,20,23). The molecule has 0 atom stereocenters. The van der Waals surface area contributed by atoms with E-state index in [2.05, 4.69) is 15.3 Å². The van der Waals surface area contributed by atoms with Gasteiger partial charge in [0.25, 0.3) is 0 Å². The highest BCUT2D eigenvalue weighted by Gasteiger charge is 2.20. The number of hydrogen-bond acceptors (Lipinski definition) is 6. The number of thioether (sulfide) groups is 1. The monoisotopic (exact) mass is 361 g/mol. The molecule has 0 radical (unpaired) electrons. The van der Waals surface area contributed by atoms with Crippen LogP contribution in [0.1, 0.15) is 28.5 Å². The number of aryl methyl sites for hydroxylation is 2. The Morgan fingerprint density at radius 3 is 2.76 bits per heavy atom. The van der Waals surface area contributed by atoms with Crippen LogP contribution in [-0.4, -0.2) is 34.2 Å². The Hall–Kier alpha value is -2.61. The van der Waals surface area contributed by atoms with Crippen molar-refractivity contribution in [2.75, 3.05) is 17.7 Å². The summed E-state index contributed by atoms with van der Waals surface area (Å²) in [4.78, 5) is 42.0. The van der Waals surface area contributed by atoms with Crippen LogP contribution in [0.25, 0.3) is 0 Å². The SMILES string of the molecule is CCOC(=O)c1c(SCC(=O)Nc2cccc(C)c2)nc(=O)[nH]c1C. The molecular weight excluding hydrogens is 342 g/mol. The lowest BCUT2D eigenvalue weighted by atomic mass is 10.2. The summed E-state index contributed by atoms with van der Waals surface area (Å²) in [5, 5.41) is 2.95. The maximum Gasteiger partial charge on any atom is 0.346 e. The molecule has 0 spiro atoms. The molecule has 1 aromatic carbocycles. The van der Waals surface area contributed by atoms with Crippen LogP contribution in [-0.2, 0) is 9.53 Å². The lowest BCUT2D eigenvalue weighted by molar-refractivity contribution is -0.113. The summed E-state index contributed by atoms with van der Waals surface area (Å²) in [6.45, 7) is 5.41. The van der Waals surface area contributed by atoms with Crippen LogP contribution in [0.5, 0.6) is 0 Å². The van der Waals surface area contributed by atoms with E-state index < -0.39 is 11.7 Å². The lowest BCUT2D eigenvalue weighted by Crippen LogP contribution is -2.21. The fourth-order valence-corrected chi connectivity index (χ4v) is 3.03. The molecule has 1 amide bonds. The van der Waals surface area contributed by atoms with E-state index in [4.69, 9.17) is 4.74 Å². The molecule has 0 aliphatic carbocycles. The normalized spacial score (nSPS) is 10.4. The third-order valence-corrected chi connectivity index (χ3v) is 4.18. The number of amides is 1. The number of rotatable bonds is 6. The van der Waals surface area contributed by atoms with Gasteiger partial charge in [-0.25, -0.2) is 9.59 Å². The second-order valence-corrected chi connectivity index (χ2v) is 6.24. The number of carbonyl (C=O) groups is 2. The van der Waals surface area contributed by atoms with Crippen molar-refractivity contribution < 1.29 is 14.3 Å². The second-order valence-electron chi connectivity index (χ2n) is 5.27. The maximum absolute atomic E-state index is 12.1. The minimum Gasteiger partial charge on any atom is -0.462 e. The summed E-state index contributed by atoms with van der Waals surface area (Å²) in [5.41, 5.74) is 1.68. The van der Waals surface area contributed by atoms with E-state index >= 15 is 0 Å². The van der Waals surface area contributed by atoms with Crippen molar-refractivity contribution in [2.45, 2.75) is 25.8 Å². The van der Waals surface area contributed by atoms with Crippen molar-refractivity contribution in [3.8, 4) is 0 Å². The van der Waals surface area contributed by atoms with Crippen molar-refractivity contribution in [1.29, 1.82) is 0 Å². The molecule has 0 unspecified atom stereocenters. The first kappa shape index (κ1) is 18.7. The Bertz CT molecular complexity index is 848. The van der Waals surface area contributed by atoms with Gasteiger partial charge in [0.1, 0.15) is 10.6 Å². The third-order valence-electron chi connectivity index (χ3n) is 3.21. The first-order chi connectivity index (χ1) is 11.9. The van der Waals surface area contributed by atoms with Gasteiger partial charge < -0.3 is 15.0 Å². The molecule has 0 fully saturated rings. The number of nitrogens with one attached hydrogen (secondary N) is 2. The molecule has 7 nitrogen and oxygen atoms in total. The molecule has 2 N–H and O–H groups in total. The zero-order chi connectivity index (χ0) is 18.4. The molecule has 25 heavy (non-hydrogen) atoms. The van der Waals surface area contributed by atoms with Gasteiger partial charge in [0.05, 0.1) is 12.4 Å². The first-order valence-corrected chi connectivity index (χ1v) is 8.66. The third kappa shape index (κ3) is 5.18. The van der Waals surface area contributed by atoms with Crippen molar-refractivity contribution in [1.82, 2.24) is 9.97 Å². The van der Waals surface area contributed by atoms with Crippen LogP contribution >= 0.6 is 11.8 Å². The highest BCUT2D eigenvalue weighted by atomic mass is 32.2. The van der Waals surface area contributed by atoms with E-state index in [9.17, 15) is 14.4 Å². The second kappa shape index (κ2) is 8.48. The number of benzene rings is 1. The Labute approximate surface area is 149 Å². The molecule has 2 rings (SSSR count). The number of carbonyl (C=O) groups excluding carboxylic acids is 2. The topological polar surface area (TPSA) is 101 Å². The van der Waals surface area contributed by atoms with E-state index in [1.54, 1.807) is 19.9 Å². The summed E-state index contributed by atoms with van der Waals surface area (Å²) < 4.78 is 4.99. The number of aromatic amines is 1. The highest BCUT2D eigenvalue weighted by molar-refractivity contribution is 8.00. The molecule has 0 saturated carbocycles. The highest BCUT2D eigenvalue weighted by Crippen LogP contribution is 2.22. The van der Waals surface area contributed by atoms with Crippen LogP contribution in [0.2, 0.25) is 0 Å². The Morgan fingerprint density at radius 2 is 2.08 bits per heavy atom. The average Bonchev–Trinajstić information content (AvgIpc) is 2.52. The largest absolute Gasteiger partial charge is 0.462 e. The van der Waals surface area contributed by atoms with Gasteiger partial charge in [-0.05, 0) is 38.5 Å². The van der Waals surface area contributed by atoms with E-state index in [-0.39, 0.29) is 28.9 Å². The van der Waals surface area contributed by atoms with Crippen LogP contribution in [0.3, 0.4) is 0 Å². The molecule has 1 heterocycles. The summed E-state index contributed by atoms with van der Waals surface area (Å²) >= 11 is 1.02. The fraction of sp³-hybridized carbons (Fsp3) is 0.294. The van der Waals surface area contributed by atoms with E-state index in [1.807, 2.05) is 25.1 Å². The Kier molecular flexibility index (Phi) is 6.35. The summed E-state index contributed by atoms with van der Waals surface area (Å²) in [6, 6.07) is 7.41. The summed E-state index contributed by atoms with van der Waals surface area (Å²) in [6.07, 6.45) is 0. The van der Waals surface area contributed by atoms with Gasteiger partial charge in [-0.3, -0.25) is 4.79 Å². The van der Waals surface area contributed by atoms with Gasteiger partial charge in [0.2, 0.25) is 5.91 Å². The van der Waals surface area contributed by atoms with Crippen molar-refractivity contribution in [3.05, 3.63) is 51.6 Å². The van der Waals surface area contributed by atoms with Crippen molar-refractivity contribution in [2.24, 2.45) is 0 Å². The molecule has 0 saturated heterocycles. The number of esters is 1. The molecule has 1 aromatic heterocycles.